The zero-order chi connectivity index (χ0) is 13.0. The molecule has 1 fully saturated rings. The van der Waals surface area contributed by atoms with Crippen LogP contribution in [0.15, 0.2) is 24.3 Å². The molecule has 1 aliphatic rings. The van der Waals surface area contributed by atoms with E-state index in [-0.39, 0.29) is 12.0 Å². The minimum atomic E-state index is 0.151. The lowest BCUT2D eigenvalue weighted by molar-refractivity contribution is -0.130. The van der Waals surface area contributed by atoms with Gasteiger partial charge in [-0.15, -0.1) is 0 Å². The van der Waals surface area contributed by atoms with Crippen LogP contribution >= 0.6 is 0 Å². The first kappa shape index (κ1) is 12.7. The highest BCUT2D eigenvalue weighted by Gasteiger charge is 2.21. The molecule has 1 aliphatic heterocycles. The molecule has 0 atom stereocenters. The standard InChI is InChI=1S/C14H19NO3/c1-11(16)15-9-7-14(8-10-15)18-13-5-3-12(17-2)4-6-13/h3-6,14H,7-10H2,1-2H3. The maximum absolute atomic E-state index is 11.2. The Hall–Kier alpha value is -1.71. The molecule has 0 N–H and O–H groups in total. The zero-order valence-corrected chi connectivity index (χ0v) is 10.9. The number of methoxy groups -OCH3 is 1. The van der Waals surface area contributed by atoms with Crippen molar-refractivity contribution in [3.8, 4) is 11.5 Å². The molecule has 1 saturated heterocycles. The van der Waals surface area contributed by atoms with E-state index < -0.39 is 0 Å². The van der Waals surface area contributed by atoms with E-state index in [0.717, 1.165) is 37.4 Å². The molecule has 1 amide bonds. The third kappa shape index (κ3) is 3.15. The summed E-state index contributed by atoms with van der Waals surface area (Å²) >= 11 is 0. The third-order valence-corrected chi connectivity index (χ3v) is 3.25. The number of carbonyl (C=O) groups excluding carboxylic acids is 1. The molecule has 0 radical (unpaired) electrons. The minimum absolute atomic E-state index is 0.151. The van der Waals surface area contributed by atoms with Gasteiger partial charge in [-0.05, 0) is 24.3 Å². The van der Waals surface area contributed by atoms with Gasteiger partial charge in [-0.25, -0.2) is 0 Å². The number of nitrogens with zero attached hydrogens (tertiary/aromatic N) is 1. The lowest BCUT2D eigenvalue weighted by atomic mass is 10.1. The van der Waals surface area contributed by atoms with Crippen LogP contribution in [0.4, 0.5) is 0 Å². The average molecular weight is 249 g/mol. The SMILES string of the molecule is COc1ccc(OC2CCN(C(C)=O)CC2)cc1. The monoisotopic (exact) mass is 249 g/mol. The molecule has 0 aliphatic carbocycles. The molecular weight excluding hydrogens is 230 g/mol. The van der Waals surface area contributed by atoms with Gasteiger partial charge in [0.1, 0.15) is 17.6 Å². The Balaban J connectivity index is 1.85. The molecule has 0 unspecified atom stereocenters. The van der Waals surface area contributed by atoms with Gasteiger partial charge in [-0.3, -0.25) is 4.79 Å². The van der Waals surface area contributed by atoms with Crippen LogP contribution in [0.5, 0.6) is 11.5 Å². The second kappa shape index (κ2) is 5.76. The Bertz CT molecular complexity index is 394. The second-order valence-corrected chi connectivity index (χ2v) is 4.50. The minimum Gasteiger partial charge on any atom is -0.497 e. The van der Waals surface area contributed by atoms with Gasteiger partial charge in [-0.1, -0.05) is 0 Å². The first-order valence-corrected chi connectivity index (χ1v) is 6.25. The van der Waals surface area contributed by atoms with Crippen molar-refractivity contribution in [3.63, 3.8) is 0 Å². The van der Waals surface area contributed by atoms with Crippen molar-refractivity contribution in [1.82, 2.24) is 4.90 Å². The normalized spacial score (nSPS) is 16.4. The third-order valence-electron chi connectivity index (χ3n) is 3.25. The van der Waals surface area contributed by atoms with Crippen molar-refractivity contribution in [2.45, 2.75) is 25.9 Å². The lowest BCUT2D eigenvalue weighted by Gasteiger charge is -2.31. The smallest absolute Gasteiger partial charge is 0.219 e. The van der Waals surface area contributed by atoms with Gasteiger partial charge in [0.05, 0.1) is 7.11 Å². The summed E-state index contributed by atoms with van der Waals surface area (Å²) in [7, 11) is 1.65. The Kier molecular flexibility index (Phi) is 4.07. The first-order chi connectivity index (χ1) is 8.69. The summed E-state index contributed by atoms with van der Waals surface area (Å²) in [5, 5.41) is 0. The Labute approximate surface area is 107 Å². The summed E-state index contributed by atoms with van der Waals surface area (Å²) in [6.45, 7) is 3.19. The van der Waals surface area contributed by atoms with E-state index in [1.54, 1.807) is 14.0 Å². The number of hydrogen-bond acceptors (Lipinski definition) is 3. The topological polar surface area (TPSA) is 38.8 Å². The van der Waals surface area contributed by atoms with E-state index in [9.17, 15) is 4.79 Å². The maximum Gasteiger partial charge on any atom is 0.219 e. The quantitative estimate of drug-likeness (QED) is 0.823. The van der Waals surface area contributed by atoms with Crippen LogP contribution in [-0.4, -0.2) is 37.1 Å². The molecule has 1 heterocycles. The van der Waals surface area contributed by atoms with Crippen LogP contribution < -0.4 is 9.47 Å². The number of ether oxygens (including phenoxy) is 2. The van der Waals surface area contributed by atoms with Crippen molar-refractivity contribution in [3.05, 3.63) is 24.3 Å². The van der Waals surface area contributed by atoms with Crippen LogP contribution in [-0.2, 0) is 4.79 Å². The largest absolute Gasteiger partial charge is 0.497 e. The van der Waals surface area contributed by atoms with Gasteiger partial charge < -0.3 is 14.4 Å². The van der Waals surface area contributed by atoms with Crippen molar-refractivity contribution in [1.29, 1.82) is 0 Å². The Morgan fingerprint density at radius 3 is 2.22 bits per heavy atom. The lowest BCUT2D eigenvalue weighted by Crippen LogP contribution is -2.40. The number of carbonyl (C=O) groups is 1. The van der Waals surface area contributed by atoms with E-state index in [1.165, 1.54) is 0 Å². The van der Waals surface area contributed by atoms with Gasteiger partial charge in [0.2, 0.25) is 5.91 Å². The first-order valence-electron chi connectivity index (χ1n) is 6.25. The summed E-state index contributed by atoms with van der Waals surface area (Å²) in [6.07, 6.45) is 1.99. The molecule has 0 bridgehead atoms. The highest BCUT2D eigenvalue weighted by Crippen LogP contribution is 2.21. The molecule has 0 aromatic heterocycles. The molecule has 1 aromatic rings. The van der Waals surface area contributed by atoms with E-state index in [4.69, 9.17) is 9.47 Å². The summed E-state index contributed by atoms with van der Waals surface area (Å²) < 4.78 is 11.0. The van der Waals surface area contributed by atoms with E-state index >= 15 is 0 Å². The molecule has 1 aromatic carbocycles. The van der Waals surface area contributed by atoms with Crippen LogP contribution in [0.3, 0.4) is 0 Å². The van der Waals surface area contributed by atoms with E-state index in [0.29, 0.717) is 0 Å². The molecular formula is C14H19NO3. The summed E-state index contributed by atoms with van der Waals surface area (Å²) in [5.41, 5.74) is 0. The van der Waals surface area contributed by atoms with Crippen LogP contribution in [0, 0.1) is 0 Å². The van der Waals surface area contributed by atoms with Crippen molar-refractivity contribution in [2.24, 2.45) is 0 Å². The number of benzene rings is 1. The summed E-state index contributed by atoms with van der Waals surface area (Å²) in [6, 6.07) is 7.60. The van der Waals surface area contributed by atoms with Gasteiger partial charge in [0, 0.05) is 32.9 Å². The molecule has 4 nitrogen and oxygen atoms in total. The zero-order valence-electron chi connectivity index (χ0n) is 10.9. The van der Waals surface area contributed by atoms with Crippen molar-refractivity contribution >= 4 is 5.91 Å². The molecule has 98 valence electrons. The Morgan fingerprint density at radius 1 is 1.17 bits per heavy atom. The Morgan fingerprint density at radius 2 is 1.72 bits per heavy atom. The predicted octanol–water partition coefficient (Wildman–Crippen LogP) is 2.08. The highest BCUT2D eigenvalue weighted by atomic mass is 16.5. The molecule has 4 heteroatoms. The number of amides is 1. The molecule has 18 heavy (non-hydrogen) atoms. The van der Waals surface area contributed by atoms with Crippen LogP contribution in [0.2, 0.25) is 0 Å². The van der Waals surface area contributed by atoms with Crippen molar-refractivity contribution < 1.29 is 14.3 Å². The van der Waals surface area contributed by atoms with Gasteiger partial charge >= 0.3 is 0 Å². The van der Waals surface area contributed by atoms with Gasteiger partial charge in [-0.2, -0.15) is 0 Å². The molecule has 0 spiro atoms. The van der Waals surface area contributed by atoms with E-state index in [2.05, 4.69) is 0 Å². The molecule has 2 rings (SSSR count). The van der Waals surface area contributed by atoms with Gasteiger partial charge in [0.25, 0.3) is 0 Å². The fourth-order valence-electron chi connectivity index (χ4n) is 2.14. The van der Waals surface area contributed by atoms with Gasteiger partial charge in [0.15, 0.2) is 0 Å². The maximum atomic E-state index is 11.2. The van der Waals surface area contributed by atoms with Crippen LogP contribution in [0.1, 0.15) is 19.8 Å². The fourth-order valence-corrected chi connectivity index (χ4v) is 2.14. The fraction of sp³-hybridized carbons (Fsp3) is 0.500. The highest BCUT2D eigenvalue weighted by molar-refractivity contribution is 5.73. The average Bonchev–Trinajstić information content (AvgIpc) is 2.40. The summed E-state index contributed by atoms with van der Waals surface area (Å²) in [5.74, 6) is 1.84. The number of hydrogen-bond donors (Lipinski definition) is 0. The second-order valence-electron chi connectivity index (χ2n) is 4.50. The number of piperidine rings is 1. The number of rotatable bonds is 3. The summed E-state index contributed by atoms with van der Waals surface area (Å²) in [4.78, 5) is 13.1. The van der Waals surface area contributed by atoms with E-state index in [1.807, 2.05) is 29.2 Å². The van der Waals surface area contributed by atoms with Crippen LogP contribution in [0.25, 0.3) is 0 Å². The predicted molar refractivity (Wildman–Crippen MR) is 68.9 cm³/mol. The molecule has 0 saturated carbocycles. The number of likely N-dealkylation sites (tertiary alicyclic amines) is 1. The van der Waals surface area contributed by atoms with Crippen molar-refractivity contribution in [2.75, 3.05) is 20.2 Å².